The lowest BCUT2D eigenvalue weighted by atomic mass is 10.1. The summed E-state index contributed by atoms with van der Waals surface area (Å²) in [4.78, 5) is 13.2. The largest absolute Gasteiger partial charge is 0.392 e. The summed E-state index contributed by atoms with van der Waals surface area (Å²) in [5.41, 5.74) is 2.57. The van der Waals surface area contributed by atoms with Crippen molar-refractivity contribution in [2.75, 3.05) is 7.05 Å². The molecule has 1 aliphatic heterocycles. The molecule has 0 saturated heterocycles. The average Bonchev–Trinajstić information content (AvgIpc) is 2.43. The summed E-state index contributed by atoms with van der Waals surface area (Å²) < 4.78 is 0. The lowest BCUT2D eigenvalue weighted by Gasteiger charge is -2.04. The van der Waals surface area contributed by atoms with Gasteiger partial charge in [-0.3, -0.25) is 4.79 Å². The number of hydrogen-bond donors (Lipinski definition) is 1. The topological polar surface area (TPSA) is 40.5 Å². The van der Waals surface area contributed by atoms with Crippen molar-refractivity contribution in [3.05, 3.63) is 34.9 Å². The number of aliphatic hydroxyl groups excluding tert-OH is 1. The zero-order chi connectivity index (χ0) is 9.42. The van der Waals surface area contributed by atoms with Gasteiger partial charge in [-0.15, -0.1) is 0 Å². The molecule has 0 fully saturated rings. The highest BCUT2D eigenvalue weighted by atomic mass is 16.3. The van der Waals surface area contributed by atoms with Gasteiger partial charge in [-0.25, -0.2) is 0 Å². The molecule has 1 aromatic rings. The monoisotopic (exact) mass is 177 g/mol. The van der Waals surface area contributed by atoms with E-state index in [1.807, 2.05) is 12.1 Å². The molecular weight excluding hydrogens is 166 g/mol. The van der Waals surface area contributed by atoms with Gasteiger partial charge in [0.2, 0.25) is 0 Å². The van der Waals surface area contributed by atoms with Crippen molar-refractivity contribution in [3.63, 3.8) is 0 Å². The number of carbonyl (C=O) groups is 1. The Kier molecular flexibility index (Phi) is 1.81. The molecule has 0 unspecified atom stereocenters. The Morgan fingerprint density at radius 1 is 1.54 bits per heavy atom. The summed E-state index contributed by atoms with van der Waals surface area (Å²) in [6.07, 6.45) is 0. The van der Waals surface area contributed by atoms with Crippen LogP contribution in [0.15, 0.2) is 18.2 Å². The SMILES string of the molecule is CN1Cc2ccc(CO)cc2C1=O. The van der Waals surface area contributed by atoms with Crippen LogP contribution < -0.4 is 0 Å². The molecule has 2 rings (SSSR count). The number of nitrogens with zero attached hydrogens (tertiary/aromatic N) is 1. The van der Waals surface area contributed by atoms with E-state index in [9.17, 15) is 4.79 Å². The van der Waals surface area contributed by atoms with Crippen molar-refractivity contribution < 1.29 is 9.90 Å². The zero-order valence-electron chi connectivity index (χ0n) is 7.45. The van der Waals surface area contributed by atoms with E-state index in [-0.39, 0.29) is 12.5 Å². The normalized spacial score (nSPS) is 14.9. The Hall–Kier alpha value is -1.35. The maximum atomic E-state index is 11.5. The lowest BCUT2D eigenvalue weighted by Crippen LogP contribution is -2.17. The molecular formula is C10H11NO2. The summed E-state index contributed by atoms with van der Waals surface area (Å²) >= 11 is 0. The summed E-state index contributed by atoms with van der Waals surface area (Å²) in [5, 5.41) is 8.90. The molecule has 0 bridgehead atoms. The first-order valence-corrected chi connectivity index (χ1v) is 4.20. The van der Waals surface area contributed by atoms with Gasteiger partial charge in [0.05, 0.1) is 6.61 Å². The molecule has 1 heterocycles. The highest BCUT2D eigenvalue weighted by molar-refractivity contribution is 5.98. The van der Waals surface area contributed by atoms with Crippen molar-refractivity contribution in [1.82, 2.24) is 4.90 Å². The Labute approximate surface area is 76.6 Å². The fourth-order valence-corrected chi connectivity index (χ4v) is 1.59. The summed E-state index contributed by atoms with van der Waals surface area (Å²) in [5.74, 6) is 0.0466. The van der Waals surface area contributed by atoms with Crippen LogP contribution in [0.3, 0.4) is 0 Å². The van der Waals surface area contributed by atoms with Crippen LogP contribution in [0.4, 0.5) is 0 Å². The Morgan fingerprint density at radius 2 is 2.31 bits per heavy atom. The molecule has 3 nitrogen and oxygen atoms in total. The molecule has 0 aliphatic carbocycles. The minimum absolute atomic E-state index is 0.00965. The molecule has 3 heteroatoms. The maximum absolute atomic E-state index is 11.5. The van der Waals surface area contributed by atoms with Crippen molar-refractivity contribution in [1.29, 1.82) is 0 Å². The molecule has 0 aromatic heterocycles. The van der Waals surface area contributed by atoms with Crippen molar-refractivity contribution >= 4 is 5.91 Å². The minimum Gasteiger partial charge on any atom is -0.392 e. The van der Waals surface area contributed by atoms with E-state index in [1.165, 1.54) is 0 Å². The number of amides is 1. The van der Waals surface area contributed by atoms with Gasteiger partial charge in [0, 0.05) is 19.2 Å². The smallest absolute Gasteiger partial charge is 0.254 e. The molecule has 68 valence electrons. The third-order valence-electron chi connectivity index (χ3n) is 2.34. The highest BCUT2D eigenvalue weighted by Crippen LogP contribution is 2.22. The quantitative estimate of drug-likeness (QED) is 0.688. The van der Waals surface area contributed by atoms with Gasteiger partial charge < -0.3 is 10.0 Å². The van der Waals surface area contributed by atoms with Crippen LogP contribution in [-0.2, 0) is 13.2 Å². The number of fused-ring (bicyclic) bond motifs is 1. The van der Waals surface area contributed by atoms with Crippen LogP contribution >= 0.6 is 0 Å². The minimum atomic E-state index is -0.00965. The van der Waals surface area contributed by atoms with Crippen LogP contribution in [0.2, 0.25) is 0 Å². The van der Waals surface area contributed by atoms with E-state index < -0.39 is 0 Å². The van der Waals surface area contributed by atoms with Crippen molar-refractivity contribution in [3.8, 4) is 0 Å². The summed E-state index contributed by atoms with van der Waals surface area (Å²) in [6, 6.07) is 5.52. The first-order valence-electron chi connectivity index (χ1n) is 4.20. The Balaban J connectivity index is 2.48. The first-order chi connectivity index (χ1) is 6.22. The van der Waals surface area contributed by atoms with Gasteiger partial charge in [-0.05, 0) is 17.2 Å². The third-order valence-corrected chi connectivity index (χ3v) is 2.34. The highest BCUT2D eigenvalue weighted by Gasteiger charge is 2.23. The maximum Gasteiger partial charge on any atom is 0.254 e. The number of rotatable bonds is 1. The second-order valence-electron chi connectivity index (χ2n) is 3.31. The Bertz CT molecular complexity index is 360. The van der Waals surface area contributed by atoms with Crippen molar-refractivity contribution in [2.24, 2.45) is 0 Å². The molecule has 0 spiro atoms. The predicted molar refractivity (Wildman–Crippen MR) is 48.2 cm³/mol. The summed E-state index contributed by atoms with van der Waals surface area (Å²) in [6.45, 7) is 0.671. The van der Waals surface area contributed by atoms with E-state index >= 15 is 0 Å². The zero-order valence-corrected chi connectivity index (χ0v) is 7.45. The number of benzene rings is 1. The van der Waals surface area contributed by atoms with Gasteiger partial charge in [0.15, 0.2) is 0 Å². The van der Waals surface area contributed by atoms with Gasteiger partial charge in [0.25, 0.3) is 5.91 Å². The average molecular weight is 177 g/mol. The molecule has 1 N–H and O–H groups in total. The van der Waals surface area contributed by atoms with Crippen LogP contribution in [0.5, 0.6) is 0 Å². The van der Waals surface area contributed by atoms with E-state index in [1.54, 1.807) is 18.0 Å². The third kappa shape index (κ3) is 1.21. The Morgan fingerprint density at radius 3 is 3.00 bits per heavy atom. The second kappa shape index (κ2) is 2.85. The summed E-state index contributed by atoms with van der Waals surface area (Å²) in [7, 11) is 1.78. The van der Waals surface area contributed by atoms with Crippen LogP contribution in [0.1, 0.15) is 21.5 Å². The molecule has 13 heavy (non-hydrogen) atoms. The standard InChI is InChI=1S/C10H11NO2/c1-11-5-8-3-2-7(6-12)4-9(8)10(11)13/h2-4,12H,5-6H2,1H3. The van der Waals surface area contributed by atoms with E-state index in [0.717, 1.165) is 16.7 Å². The first kappa shape index (κ1) is 8.26. The number of hydrogen-bond acceptors (Lipinski definition) is 2. The molecule has 0 atom stereocenters. The van der Waals surface area contributed by atoms with Gasteiger partial charge in [-0.2, -0.15) is 0 Å². The van der Waals surface area contributed by atoms with Gasteiger partial charge in [-0.1, -0.05) is 12.1 Å². The fourth-order valence-electron chi connectivity index (χ4n) is 1.59. The van der Waals surface area contributed by atoms with E-state index in [2.05, 4.69) is 0 Å². The van der Waals surface area contributed by atoms with E-state index in [0.29, 0.717) is 6.54 Å². The van der Waals surface area contributed by atoms with Gasteiger partial charge >= 0.3 is 0 Å². The molecule has 1 aliphatic rings. The van der Waals surface area contributed by atoms with Crippen LogP contribution in [0, 0.1) is 0 Å². The molecule has 0 radical (unpaired) electrons. The second-order valence-corrected chi connectivity index (χ2v) is 3.31. The number of carbonyl (C=O) groups excluding carboxylic acids is 1. The van der Waals surface area contributed by atoms with Gasteiger partial charge in [0.1, 0.15) is 0 Å². The lowest BCUT2D eigenvalue weighted by molar-refractivity contribution is 0.0816. The van der Waals surface area contributed by atoms with Crippen LogP contribution in [-0.4, -0.2) is 23.0 Å². The molecule has 1 aromatic carbocycles. The van der Waals surface area contributed by atoms with Crippen LogP contribution in [0.25, 0.3) is 0 Å². The molecule has 1 amide bonds. The molecule has 0 saturated carbocycles. The van der Waals surface area contributed by atoms with Crippen molar-refractivity contribution in [2.45, 2.75) is 13.2 Å². The predicted octanol–water partition coefficient (Wildman–Crippen LogP) is 0.764. The number of aliphatic hydroxyl groups is 1. The fraction of sp³-hybridized carbons (Fsp3) is 0.300. The van der Waals surface area contributed by atoms with E-state index in [4.69, 9.17) is 5.11 Å².